The van der Waals surface area contributed by atoms with Crippen LogP contribution in [0.1, 0.15) is 6.92 Å². The van der Waals surface area contributed by atoms with Gasteiger partial charge in [0.2, 0.25) is 0 Å². The van der Waals surface area contributed by atoms with Crippen LogP contribution in [0, 0.1) is 11.6 Å². The van der Waals surface area contributed by atoms with Crippen LogP contribution in [0.2, 0.25) is 0 Å². The number of anilines is 1. The Kier molecular flexibility index (Phi) is 3.57. The van der Waals surface area contributed by atoms with Crippen molar-refractivity contribution < 1.29 is 13.0 Å². The minimum Gasteiger partial charge on any atom is -0.383 e. The molecule has 1 aromatic carbocycles. The predicted molar refractivity (Wildman–Crippen MR) is 76.4 cm³/mol. The summed E-state index contributed by atoms with van der Waals surface area (Å²) in [6.07, 6.45) is 1.28. The van der Waals surface area contributed by atoms with Crippen molar-refractivity contribution in [3.63, 3.8) is 0 Å². The quantitative estimate of drug-likeness (QED) is 0.795. The molecule has 0 saturated heterocycles. The second-order valence-corrected chi connectivity index (χ2v) is 5.85. The maximum absolute atomic E-state index is 13.3. The van der Waals surface area contributed by atoms with E-state index in [4.69, 9.17) is 5.73 Å². The van der Waals surface area contributed by atoms with Gasteiger partial charge in [-0.2, -0.15) is 5.10 Å². The lowest BCUT2D eigenvalue weighted by Crippen LogP contribution is -2.00. The Morgan fingerprint density at radius 3 is 2.55 bits per heavy atom. The van der Waals surface area contributed by atoms with Crippen LogP contribution in [0.5, 0.6) is 0 Å². The van der Waals surface area contributed by atoms with E-state index in [-0.39, 0.29) is 15.7 Å². The minimum absolute atomic E-state index is 0.0385. The molecule has 2 N–H and O–H groups in total. The van der Waals surface area contributed by atoms with Gasteiger partial charge in [0.05, 0.1) is 10.3 Å². The minimum atomic E-state index is -1.90. The summed E-state index contributed by atoms with van der Waals surface area (Å²) in [5.41, 5.74) is 6.24. The van der Waals surface area contributed by atoms with Crippen LogP contribution in [0.4, 0.5) is 14.6 Å². The first-order valence-corrected chi connectivity index (χ1v) is 7.51. The van der Waals surface area contributed by atoms with Crippen LogP contribution >= 0.6 is 0 Å². The summed E-state index contributed by atoms with van der Waals surface area (Å²) in [6, 6.07) is 2.70. The monoisotopic (exact) mass is 323 g/mol. The van der Waals surface area contributed by atoms with Crippen LogP contribution in [0.15, 0.2) is 34.4 Å². The first-order valence-electron chi connectivity index (χ1n) is 6.36. The zero-order valence-electron chi connectivity index (χ0n) is 11.5. The molecule has 0 radical (unpaired) electrons. The number of hydrogen-bond donors (Lipinski definition) is 1. The van der Waals surface area contributed by atoms with Crippen molar-refractivity contribution in [2.24, 2.45) is 0 Å². The Morgan fingerprint density at radius 1 is 1.23 bits per heavy atom. The maximum Gasteiger partial charge on any atom is 0.167 e. The van der Waals surface area contributed by atoms with Gasteiger partial charge in [-0.1, -0.05) is 0 Å². The van der Waals surface area contributed by atoms with Gasteiger partial charge in [0.1, 0.15) is 34.6 Å². The fraction of sp³-hybridized carbons (Fsp3) is 0.154. The Bertz CT molecular complexity index is 875. The fourth-order valence-electron chi connectivity index (χ4n) is 2.09. The van der Waals surface area contributed by atoms with Gasteiger partial charge in [-0.25, -0.2) is 27.6 Å². The Balaban J connectivity index is 2.23. The van der Waals surface area contributed by atoms with Gasteiger partial charge in [0.15, 0.2) is 10.7 Å². The number of halogens is 2. The zero-order chi connectivity index (χ0) is 15.9. The molecule has 6 nitrogen and oxygen atoms in total. The second-order valence-electron chi connectivity index (χ2n) is 4.45. The highest BCUT2D eigenvalue weighted by atomic mass is 32.2. The molecule has 0 aliphatic carbocycles. The van der Waals surface area contributed by atoms with Crippen molar-refractivity contribution in [2.75, 3.05) is 5.73 Å². The van der Waals surface area contributed by atoms with Crippen LogP contribution in [0.25, 0.3) is 11.0 Å². The Hall–Kier alpha value is -2.42. The summed E-state index contributed by atoms with van der Waals surface area (Å²) in [7, 11) is -1.90. The van der Waals surface area contributed by atoms with Crippen molar-refractivity contribution >= 4 is 27.7 Å². The molecular formula is C13H11F2N5OS. The number of hydrogen-bond acceptors (Lipinski definition) is 5. The largest absolute Gasteiger partial charge is 0.383 e. The molecule has 114 valence electrons. The third-order valence-electron chi connectivity index (χ3n) is 3.05. The van der Waals surface area contributed by atoms with E-state index < -0.39 is 22.4 Å². The molecule has 22 heavy (non-hydrogen) atoms. The highest BCUT2D eigenvalue weighted by Crippen LogP contribution is 2.27. The fourth-order valence-corrected chi connectivity index (χ4v) is 3.31. The highest BCUT2D eigenvalue weighted by molar-refractivity contribution is 7.85. The topological polar surface area (TPSA) is 86.7 Å². The average Bonchev–Trinajstić information content (AvgIpc) is 2.85. The van der Waals surface area contributed by atoms with E-state index in [1.807, 2.05) is 6.92 Å². The van der Waals surface area contributed by atoms with E-state index in [0.29, 0.717) is 23.6 Å². The molecule has 3 rings (SSSR count). The van der Waals surface area contributed by atoms with Gasteiger partial charge in [0.25, 0.3) is 0 Å². The predicted octanol–water partition coefficient (Wildman–Crippen LogP) is 1.87. The summed E-state index contributed by atoms with van der Waals surface area (Å²) >= 11 is 0. The molecular weight excluding hydrogens is 312 g/mol. The van der Waals surface area contributed by atoms with Gasteiger partial charge >= 0.3 is 0 Å². The first-order chi connectivity index (χ1) is 10.5. The zero-order valence-corrected chi connectivity index (χ0v) is 12.3. The number of benzene rings is 1. The first kappa shape index (κ1) is 14.5. The molecule has 0 aliphatic rings. The summed E-state index contributed by atoms with van der Waals surface area (Å²) < 4.78 is 40.8. The number of aromatic nitrogens is 4. The highest BCUT2D eigenvalue weighted by Gasteiger charge is 2.21. The lowest BCUT2D eigenvalue weighted by Gasteiger charge is -2.01. The maximum atomic E-state index is 13.3. The van der Waals surface area contributed by atoms with Gasteiger partial charge in [-0.3, -0.25) is 0 Å². The number of rotatable bonds is 3. The van der Waals surface area contributed by atoms with Gasteiger partial charge < -0.3 is 5.73 Å². The molecule has 0 amide bonds. The number of fused-ring (bicyclic) bond motifs is 1. The van der Waals surface area contributed by atoms with E-state index in [9.17, 15) is 13.0 Å². The second kappa shape index (κ2) is 5.41. The van der Waals surface area contributed by atoms with E-state index in [2.05, 4.69) is 15.1 Å². The van der Waals surface area contributed by atoms with Crippen molar-refractivity contribution in [2.45, 2.75) is 23.4 Å². The van der Waals surface area contributed by atoms with Crippen molar-refractivity contribution in [1.29, 1.82) is 0 Å². The molecule has 3 aromatic rings. The SMILES string of the molecule is CCn1nc(S(=O)c2cc(F)cc(F)c2)c2c(N)ncnc21. The molecule has 0 spiro atoms. The molecule has 2 aromatic heterocycles. The normalized spacial score (nSPS) is 12.7. The third kappa shape index (κ3) is 2.33. The van der Waals surface area contributed by atoms with Crippen LogP contribution < -0.4 is 5.73 Å². The number of nitrogen functional groups attached to an aromatic ring is 1. The Morgan fingerprint density at radius 2 is 1.91 bits per heavy atom. The van der Waals surface area contributed by atoms with Gasteiger partial charge in [0, 0.05) is 12.6 Å². The molecule has 1 unspecified atom stereocenters. The summed E-state index contributed by atoms with van der Waals surface area (Å²) in [4.78, 5) is 7.89. The molecule has 0 saturated carbocycles. The molecule has 0 fully saturated rings. The number of nitrogens with two attached hydrogens (primary N) is 1. The van der Waals surface area contributed by atoms with E-state index in [0.717, 1.165) is 12.1 Å². The Labute approximate surface area is 126 Å². The van der Waals surface area contributed by atoms with Crippen LogP contribution in [0.3, 0.4) is 0 Å². The summed E-state index contributed by atoms with van der Waals surface area (Å²) in [5, 5.41) is 4.60. The van der Waals surface area contributed by atoms with Crippen molar-refractivity contribution in [1.82, 2.24) is 19.7 Å². The van der Waals surface area contributed by atoms with Gasteiger partial charge in [-0.15, -0.1) is 0 Å². The number of aryl methyl sites for hydroxylation is 1. The summed E-state index contributed by atoms with van der Waals surface area (Å²) in [5.74, 6) is -1.51. The molecule has 0 aliphatic heterocycles. The lowest BCUT2D eigenvalue weighted by atomic mass is 10.3. The number of nitrogens with zero attached hydrogens (tertiary/aromatic N) is 4. The van der Waals surface area contributed by atoms with Crippen LogP contribution in [-0.2, 0) is 17.3 Å². The molecule has 1 atom stereocenters. The van der Waals surface area contributed by atoms with Crippen molar-refractivity contribution in [3.8, 4) is 0 Å². The molecule has 2 heterocycles. The van der Waals surface area contributed by atoms with E-state index in [1.165, 1.54) is 11.0 Å². The smallest absolute Gasteiger partial charge is 0.167 e. The third-order valence-corrected chi connectivity index (χ3v) is 4.35. The van der Waals surface area contributed by atoms with E-state index >= 15 is 0 Å². The lowest BCUT2D eigenvalue weighted by molar-refractivity contribution is 0.575. The molecule has 9 heteroatoms. The summed E-state index contributed by atoms with van der Waals surface area (Å²) in [6.45, 7) is 2.31. The van der Waals surface area contributed by atoms with Gasteiger partial charge in [-0.05, 0) is 19.1 Å². The van der Waals surface area contributed by atoms with Crippen LogP contribution in [-0.4, -0.2) is 24.0 Å². The average molecular weight is 323 g/mol. The standard InChI is InChI=1S/C13H11F2N5OS/c1-2-20-12-10(11(16)17-6-18-12)13(19-20)22(21)9-4-7(14)3-8(15)5-9/h3-6H,2H2,1H3,(H2,16,17,18). The van der Waals surface area contributed by atoms with Crippen molar-refractivity contribution in [3.05, 3.63) is 36.2 Å². The van der Waals surface area contributed by atoms with E-state index in [1.54, 1.807) is 0 Å². The molecule has 0 bridgehead atoms.